The third-order valence-electron chi connectivity index (χ3n) is 1.17. The summed E-state index contributed by atoms with van der Waals surface area (Å²) < 4.78 is 0. The van der Waals surface area contributed by atoms with Gasteiger partial charge in [-0.2, -0.15) is 5.10 Å². The Morgan fingerprint density at radius 3 is 2.91 bits per heavy atom. The lowest BCUT2D eigenvalue weighted by atomic mass is 10.3. The highest BCUT2D eigenvalue weighted by Gasteiger charge is 1.81. The summed E-state index contributed by atoms with van der Waals surface area (Å²) >= 11 is 0. The molecule has 1 N–H and O–H groups in total. The van der Waals surface area contributed by atoms with Crippen LogP contribution in [0.15, 0.2) is 29.6 Å². The van der Waals surface area contributed by atoms with Crippen molar-refractivity contribution in [2.45, 2.75) is 6.92 Å². The van der Waals surface area contributed by atoms with Crippen LogP contribution in [0.5, 0.6) is 0 Å². The molecule has 0 aliphatic rings. The lowest BCUT2D eigenvalue weighted by Crippen LogP contribution is -2.02. The summed E-state index contributed by atoms with van der Waals surface area (Å²) in [7, 11) is 0. The largest absolute Gasteiger partial charge is 0.310 e. The van der Waals surface area contributed by atoms with E-state index in [0.717, 1.165) is 12.1 Å². The van der Waals surface area contributed by atoms with Gasteiger partial charge in [0, 0.05) is 18.9 Å². The zero-order chi connectivity index (χ0) is 7.94. The molecule has 1 aromatic rings. The minimum absolute atomic E-state index is 0.849. The van der Waals surface area contributed by atoms with Gasteiger partial charge >= 0.3 is 0 Å². The first kappa shape index (κ1) is 7.72. The summed E-state index contributed by atoms with van der Waals surface area (Å²) in [5.74, 6) is 0. The molecule has 1 aromatic heterocycles. The van der Waals surface area contributed by atoms with Crippen molar-refractivity contribution in [1.82, 2.24) is 10.4 Å². The van der Waals surface area contributed by atoms with Gasteiger partial charge in [0.1, 0.15) is 0 Å². The van der Waals surface area contributed by atoms with E-state index in [1.807, 2.05) is 19.1 Å². The summed E-state index contributed by atoms with van der Waals surface area (Å²) in [6, 6.07) is 3.81. The van der Waals surface area contributed by atoms with Crippen LogP contribution in [0.25, 0.3) is 0 Å². The van der Waals surface area contributed by atoms with Crippen LogP contribution in [0.3, 0.4) is 0 Å². The Hall–Kier alpha value is -1.38. The topological polar surface area (TPSA) is 37.3 Å². The average molecular weight is 149 g/mol. The fourth-order valence-corrected chi connectivity index (χ4v) is 0.661. The molecule has 0 bridgehead atoms. The first-order valence-corrected chi connectivity index (χ1v) is 3.59. The SMILES string of the molecule is CCNN=Cc1ccncc1. The Bertz CT molecular complexity index is 218. The summed E-state index contributed by atoms with van der Waals surface area (Å²) in [6.45, 7) is 2.85. The average Bonchev–Trinajstić information content (AvgIpc) is 2.07. The van der Waals surface area contributed by atoms with E-state index >= 15 is 0 Å². The fourth-order valence-electron chi connectivity index (χ4n) is 0.661. The van der Waals surface area contributed by atoms with E-state index in [-0.39, 0.29) is 0 Å². The molecule has 1 heterocycles. The Morgan fingerprint density at radius 1 is 1.55 bits per heavy atom. The van der Waals surface area contributed by atoms with E-state index in [1.54, 1.807) is 18.6 Å². The lowest BCUT2D eigenvalue weighted by molar-refractivity contribution is 0.788. The quantitative estimate of drug-likeness (QED) is 0.514. The highest BCUT2D eigenvalue weighted by molar-refractivity contribution is 5.78. The van der Waals surface area contributed by atoms with E-state index in [1.165, 1.54) is 0 Å². The minimum Gasteiger partial charge on any atom is -0.310 e. The Balaban J connectivity index is 2.50. The maximum Gasteiger partial charge on any atom is 0.0541 e. The number of hydrogen-bond acceptors (Lipinski definition) is 3. The fraction of sp³-hybridized carbons (Fsp3) is 0.250. The van der Waals surface area contributed by atoms with Crippen LogP contribution in [0.4, 0.5) is 0 Å². The molecule has 0 fully saturated rings. The van der Waals surface area contributed by atoms with Crippen molar-refractivity contribution in [3.63, 3.8) is 0 Å². The molecular formula is C8H11N3. The van der Waals surface area contributed by atoms with Crippen LogP contribution in [0.2, 0.25) is 0 Å². The molecule has 0 unspecified atom stereocenters. The van der Waals surface area contributed by atoms with Crippen LogP contribution in [0, 0.1) is 0 Å². The van der Waals surface area contributed by atoms with E-state index in [4.69, 9.17) is 0 Å². The number of nitrogens with one attached hydrogen (secondary N) is 1. The predicted molar refractivity (Wildman–Crippen MR) is 45.5 cm³/mol. The smallest absolute Gasteiger partial charge is 0.0541 e. The number of hydrazone groups is 1. The predicted octanol–water partition coefficient (Wildman–Crippen LogP) is 1.02. The molecule has 3 nitrogen and oxygen atoms in total. The second-order valence-electron chi connectivity index (χ2n) is 2.05. The molecule has 11 heavy (non-hydrogen) atoms. The van der Waals surface area contributed by atoms with Crippen molar-refractivity contribution in [3.05, 3.63) is 30.1 Å². The molecule has 0 saturated heterocycles. The summed E-state index contributed by atoms with van der Waals surface area (Å²) in [6.07, 6.45) is 5.26. The molecule has 1 rings (SSSR count). The Kier molecular flexibility index (Phi) is 3.12. The molecule has 3 heteroatoms. The number of pyridine rings is 1. The van der Waals surface area contributed by atoms with E-state index in [2.05, 4.69) is 15.5 Å². The normalized spacial score (nSPS) is 10.3. The maximum atomic E-state index is 3.96. The van der Waals surface area contributed by atoms with E-state index in [0.29, 0.717) is 0 Å². The van der Waals surface area contributed by atoms with Crippen molar-refractivity contribution >= 4 is 6.21 Å². The maximum absolute atomic E-state index is 3.96. The van der Waals surface area contributed by atoms with Gasteiger partial charge in [-0.1, -0.05) is 0 Å². The van der Waals surface area contributed by atoms with Gasteiger partial charge in [-0.25, -0.2) is 0 Å². The van der Waals surface area contributed by atoms with E-state index in [9.17, 15) is 0 Å². The molecular weight excluding hydrogens is 138 g/mol. The Labute approximate surface area is 66.2 Å². The van der Waals surface area contributed by atoms with Crippen molar-refractivity contribution < 1.29 is 0 Å². The summed E-state index contributed by atoms with van der Waals surface area (Å²) in [5.41, 5.74) is 3.90. The van der Waals surface area contributed by atoms with Crippen LogP contribution in [-0.2, 0) is 0 Å². The highest BCUT2D eigenvalue weighted by atomic mass is 15.3. The number of aromatic nitrogens is 1. The molecule has 0 radical (unpaired) electrons. The molecule has 0 spiro atoms. The number of rotatable bonds is 3. The van der Waals surface area contributed by atoms with Gasteiger partial charge in [-0.05, 0) is 24.6 Å². The second-order valence-corrected chi connectivity index (χ2v) is 2.05. The lowest BCUT2D eigenvalue weighted by Gasteiger charge is -1.91. The highest BCUT2D eigenvalue weighted by Crippen LogP contribution is 1.89. The van der Waals surface area contributed by atoms with Gasteiger partial charge in [0.15, 0.2) is 0 Å². The molecule has 0 aliphatic carbocycles. The van der Waals surface area contributed by atoms with Gasteiger partial charge < -0.3 is 5.43 Å². The van der Waals surface area contributed by atoms with Crippen molar-refractivity contribution in [1.29, 1.82) is 0 Å². The zero-order valence-electron chi connectivity index (χ0n) is 6.49. The minimum atomic E-state index is 0.849. The Morgan fingerprint density at radius 2 is 2.27 bits per heavy atom. The van der Waals surface area contributed by atoms with Crippen molar-refractivity contribution in [3.8, 4) is 0 Å². The first-order chi connectivity index (χ1) is 5.43. The molecule has 0 saturated carbocycles. The monoisotopic (exact) mass is 149 g/mol. The summed E-state index contributed by atoms with van der Waals surface area (Å²) in [4.78, 5) is 3.89. The van der Waals surface area contributed by atoms with E-state index < -0.39 is 0 Å². The van der Waals surface area contributed by atoms with Crippen LogP contribution in [0.1, 0.15) is 12.5 Å². The van der Waals surface area contributed by atoms with Gasteiger partial charge in [0.05, 0.1) is 6.21 Å². The van der Waals surface area contributed by atoms with Crippen molar-refractivity contribution in [2.75, 3.05) is 6.54 Å². The number of nitrogens with zero attached hydrogens (tertiary/aromatic N) is 2. The van der Waals surface area contributed by atoms with Gasteiger partial charge in [0.2, 0.25) is 0 Å². The molecule has 58 valence electrons. The van der Waals surface area contributed by atoms with Crippen LogP contribution < -0.4 is 5.43 Å². The standard InChI is InChI=1S/C8H11N3/c1-2-10-11-7-8-3-5-9-6-4-8/h3-7,10H,2H2,1H3. The number of hydrogen-bond donors (Lipinski definition) is 1. The van der Waals surface area contributed by atoms with Gasteiger partial charge in [-0.3, -0.25) is 4.98 Å². The molecule has 0 aliphatic heterocycles. The summed E-state index contributed by atoms with van der Waals surface area (Å²) in [5, 5.41) is 3.96. The third kappa shape index (κ3) is 2.80. The molecule has 0 amide bonds. The van der Waals surface area contributed by atoms with Gasteiger partial charge in [-0.15, -0.1) is 0 Å². The van der Waals surface area contributed by atoms with Crippen LogP contribution >= 0.6 is 0 Å². The van der Waals surface area contributed by atoms with Gasteiger partial charge in [0.25, 0.3) is 0 Å². The van der Waals surface area contributed by atoms with Crippen molar-refractivity contribution in [2.24, 2.45) is 5.10 Å². The third-order valence-corrected chi connectivity index (χ3v) is 1.17. The first-order valence-electron chi connectivity index (χ1n) is 3.59. The zero-order valence-corrected chi connectivity index (χ0v) is 6.49. The second kappa shape index (κ2) is 4.44. The van der Waals surface area contributed by atoms with Crippen LogP contribution in [-0.4, -0.2) is 17.7 Å². The molecule has 0 aromatic carbocycles. The molecule has 0 atom stereocenters.